The van der Waals surface area contributed by atoms with Crippen molar-refractivity contribution in [3.05, 3.63) is 47.5 Å². The molecule has 2 aromatic carbocycles. The number of carboxylic acids is 2. The van der Waals surface area contributed by atoms with Gasteiger partial charge in [-0.3, -0.25) is 0 Å². The van der Waals surface area contributed by atoms with Crippen molar-refractivity contribution in [3.8, 4) is 0 Å². The first-order chi connectivity index (χ1) is 7.61. The Morgan fingerprint density at radius 1 is 0.882 bits per heavy atom. The van der Waals surface area contributed by atoms with E-state index in [-0.39, 0.29) is 60.0 Å². The molecule has 0 radical (unpaired) electrons. The molecule has 80 valence electrons. The standard InChI is InChI=1S/C12H8O4.Ba/c13-11(14)9-6-5-7-3-1-2-4-8(7)10(9)12(15)16;/h1-6H,(H,13,14)(H,15,16);/q;+2/p-2. The molecule has 5 heteroatoms. The normalized spacial score (nSPS) is 9.65. The zero-order valence-corrected chi connectivity index (χ0v) is 13.2. The molecular formula is C12H6BaO4. The van der Waals surface area contributed by atoms with E-state index in [9.17, 15) is 19.8 Å². The predicted octanol–water partition coefficient (Wildman–Crippen LogP) is -0.814. The maximum absolute atomic E-state index is 10.9. The molecule has 2 rings (SSSR count). The molecule has 0 saturated carbocycles. The molecule has 0 unspecified atom stereocenters. The molecule has 0 spiro atoms. The van der Waals surface area contributed by atoms with Gasteiger partial charge in [-0.25, -0.2) is 0 Å². The number of carbonyl (C=O) groups is 2. The summed E-state index contributed by atoms with van der Waals surface area (Å²) in [7, 11) is 0. The van der Waals surface area contributed by atoms with E-state index in [1.807, 2.05) is 0 Å². The minimum absolute atomic E-state index is 0. The van der Waals surface area contributed by atoms with Crippen molar-refractivity contribution in [1.82, 2.24) is 0 Å². The summed E-state index contributed by atoms with van der Waals surface area (Å²) in [5, 5.41) is 22.7. The SMILES string of the molecule is O=C([O-])c1ccc2ccccc2c1C(=O)[O-].[Ba+2]. The molecule has 17 heavy (non-hydrogen) atoms. The van der Waals surface area contributed by atoms with E-state index in [4.69, 9.17) is 0 Å². The van der Waals surface area contributed by atoms with Gasteiger partial charge in [-0.15, -0.1) is 0 Å². The Morgan fingerprint density at radius 3 is 2.12 bits per heavy atom. The van der Waals surface area contributed by atoms with E-state index in [0.717, 1.165) is 0 Å². The van der Waals surface area contributed by atoms with E-state index < -0.39 is 11.9 Å². The average Bonchev–Trinajstić information content (AvgIpc) is 2.27. The summed E-state index contributed by atoms with van der Waals surface area (Å²) in [6.07, 6.45) is 0. The second-order valence-corrected chi connectivity index (χ2v) is 3.28. The molecule has 0 aliphatic rings. The fraction of sp³-hybridized carbons (Fsp3) is 0. The summed E-state index contributed by atoms with van der Waals surface area (Å²) in [4.78, 5) is 21.7. The van der Waals surface area contributed by atoms with Crippen LogP contribution in [0.3, 0.4) is 0 Å². The first-order valence-electron chi connectivity index (χ1n) is 4.55. The third kappa shape index (κ3) is 2.73. The fourth-order valence-electron chi connectivity index (χ4n) is 1.66. The Morgan fingerprint density at radius 2 is 1.53 bits per heavy atom. The molecule has 0 saturated heterocycles. The van der Waals surface area contributed by atoms with Crippen molar-refractivity contribution in [2.45, 2.75) is 0 Å². The third-order valence-electron chi connectivity index (χ3n) is 2.35. The van der Waals surface area contributed by atoms with E-state index in [1.165, 1.54) is 18.2 Å². The van der Waals surface area contributed by atoms with Crippen LogP contribution in [-0.2, 0) is 0 Å². The van der Waals surface area contributed by atoms with Crippen molar-refractivity contribution in [3.63, 3.8) is 0 Å². The van der Waals surface area contributed by atoms with Crippen molar-refractivity contribution >= 4 is 71.6 Å². The summed E-state index contributed by atoms with van der Waals surface area (Å²) in [5.74, 6) is -3.04. The number of hydrogen-bond acceptors (Lipinski definition) is 4. The minimum atomic E-state index is -1.52. The van der Waals surface area contributed by atoms with Crippen LogP contribution in [0.25, 0.3) is 10.8 Å². The van der Waals surface area contributed by atoms with Crippen LogP contribution < -0.4 is 10.2 Å². The molecule has 0 heterocycles. The monoisotopic (exact) mass is 352 g/mol. The number of hydrogen-bond donors (Lipinski definition) is 0. The maximum Gasteiger partial charge on any atom is 2.00 e. The molecule has 0 aromatic heterocycles. The van der Waals surface area contributed by atoms with Crippen molar-refractivity contribution in [2.24, 2.45) is 0 Å². The largest absolute Gasteiger partial charge is 2.00 e. The topological polar surface area (TPSA) is 80.3 Å². The van der Waals surface area contributed by atoms with E-state index in [2.05, 4.69) is 0 Å². The van der Waals surface area contributed by atoms with Gasteiger partial charge in [0, 0.05) is 11.1 Å². The average molecular weight is 352 g/mol. The van der Waals surface area contributed by atoms with Gasteiger partial charge in [0.15, 0.2) is 0 Å². The molecule has 0 N–H and O–H groups in total. The van der Waals surface area contributed by atoms with Crippen LogP contribution in [-0.4, -0.2) is 60.8 Å². The van der Waals surface area contributed by atoms with Gasteiger partial charge in [0.1, 0.15) is 0 Å². The van der Waals surface area contributed by atoms with Crippen LogP contribution >= 0.6 is 0 Å². The van der Waals surface area contributed by atoms with E-state index >= 15 is 0 Å². The Labute approximate surface area is 137 Å². The van der Waals surface area contributed by atoms with Crippen molar-refractivity contribution in [2.75, 3.05) is 0 Å². The smallest absolute Gasteiger partial charge is 0.545 e. The number of fused-ring (bicyclic) bond motifs is 1. The van der Waals surface area contributed by atoms with Crippen LogP contribution in [0.1, 0.15) is 20.7 Å². The second kappa shape index (κ2) is 5.70. The zero-order valence-electron chi connectivity index (χ0n) is 8.80. The summed E-state index contributed by atoms with van der Waals surface area (Å²) in [6, 6.07) is 9.34. The van der Waals surface area contributed by atoms with Gasteiger partial charge in [0.25, 0.3) is 0 Å². The van der Waals surface area contributed by atoms with Gasteiger partial charge in [-0.05, 0) is 10.8 Å². The first kappa shape index (κ1) is 14.3. The number of carboxylic acid groups (broad SMARTS) is 2. The predicted molar refractivity (Wildman–Crippen MR) is 58.4 cm³/mol. The maximum atomic E-state index is 10.9. The molecule has 2 aromatic rings. The quantitative estimate of drug-likeness (QED) is 0.663. The molecule has 0 fully saturated rings. The van der Waals surface area contributed by atoms with Crippen LogP contribution in [0.2, 0.25) is 0 Å². The molecule has 0 aliphatic carbocycles. The van der Waals surface area contributed by atoms with Crippen LogP contribution in [0.5, 0.6) is 0 Å². The Balaban J connectivity index is 0.00000144. The van der Waals surface area contributed by atoms with Crippen LogP contribution in [0, 0.1) is 0 Å². The number of rotatable bonds is 2. The molecule has 0 atom stereocenters. The van der Waals surface area contributed by atoms with Crippen molar-refractivity contribution in [1.29, 1.82) is 0 Å². The first-order valence-corrected chi connectivity index (χ1v) is 4.55. The number of benzene rings is 2. The van der Waals surface area contributed by atoms with Gasteiger partial charge in [0.05, 0.1) is 11.9 Å². The molecule has 0 bridgehead atoms. The molecule has 0 amide bonds. The number of aromatic carboxylic acids is 2. The fourth-order valence-corrected chi connectivity index (χ4v) is 1.66. The molecular weight excluding hydrogens is 345 g/mol. The van der Waals surface area contributed by atoms with Gasteiger partial charge >= 0.3 is 48.9 Å². The second-order valence-electron chi connectivity index (χ2n) is 3.28. The van der Waals surface area contributed by atoms with Gasteiger partial charge in [-0.2, -0.15) is 0 Å². The summed E-state index contributed by atoms with van der Waals surface area (Å²) < 4.78 is 0. The Kier molecular flexibility index (Phi) is 4.79. The minimum Gasteiger partial charge on any atom is -0.545 e. The van der Waals surface area contributed by atoms with Gasteiger partial charge in [0.2, 0.25) is 0 Å². The van der Waals surface area contributed by atoms with Gasteiger partial charge in [-0.1, -0.05) is 36.4 Å². The molecule has 4 nitrogen and oxygen atoms in total. The summed E-state index contributed by atoms with van der Waals surface area (Å²) in [6.45, 7) is 0. The van der Waals surface area contributed by atoms with Gasteiger partial charge < -0.3 is 19.8 Å². The Hall–Kier alpha value is -0.789. The number of carbonyl (C=O) groups excluding carboxylic acids is 2. The third-order valence-corrected chi connectivity index (χ3v) is 2.35. The van der Waals surface area contributed by atoms with E-state index in [0.29, 0.717) is 10.8 Å². The van der Waals surface area contributed by atoms with Crippen LogP contribution in [0.15, 0.2) is 36.4 Å². The van der Waals surface area contributed by atoms with Crippen LogP contribution in [0.4, 0.5) is 0 Å². The van der Waals surface area contributed by atoms with E-state index in [1.54, 1.807) is 18.2 Å². The summed E-state index contributed by atoms with van der Waals surface area (Å²) >= 11 is 0. The summed E-state index contributed by atoms with van der Waals surface area (Å²) in [5.41, 5.74) is -0.697. The molecule has 0 aliphatic heterocycles. The zero-order chi connectivity index (χ0) is 11.7. The Bertz CT molecular complexity index is 592. The van der Waals surface area contributed by atoms with Crippen molar-refractivity contribution < 1.29 is 19.8 Å².